The zero-order valence-electron chi connectivity index (χ0n) is 26.4. The van der Waals surface area contributed by atoms with E-state index in [-0.39, 0.29) is 0 Å². The zero-order chi connectivity index (χ0) is 32.3. The number of hydrogen-bond acceptors (Lipinski definition) is 4. The monoisotopic (exact) mass is 644 g/mol. The molecule has 0 aliphatic heterocycles. The highest BCUT2D eigenvalue weighted by Gasteiger charge is 2.17. The van der Waals surface area contributed by atoms with Gasteiger partial charge in [-0.15, -0.1) is 11.3 Å². The van der Waals surface area contributed by atoms with Crippen LogP contribution in [-0.2, 0) is 0 Å². The van der Waals surface area contributed by atoms with Crippen molar-refractivity contribution < 1.29 is 0 Å². The average Bonchev–Trinajstić information content (AvgIpc) is 3.71. The number of para-hydroxylation sites is 2. The van der Waals surface area contributed by atoms with Gasteiger partial charge in [0.05, 0.1) is 11.0 Å². The van der Waals surface area contributed by atoms with Gasteiger partial charge in [0, 0.05) is 59.6 Å². The first-order valence-electron chi connectivity index (χ1n) is 16.4. The van der Waals surface area contributed by atoms with Crippen LogP contribution in [0.5, 0.6) is 0 Å². The summed E-state index contributed by atoms with van der Waals surface area (Å²) >= 11 is 1.85. The van der Waals surface area contributed by atoms with Gasteiger partial charge in [-0.2, -0.15) is 0 Å². The minimum absolute atomic E-state index is 0.746. The van der Waals surface area contributed by atoms with E-state index in [4.69, 9.17) is 4.98 Å². The molecule has 49 heavy (non-hydrogen) atoms. The molecule has 230 valence electrons. The van der Waals surface area contributed by atoms with Gasteiger partial charge >= 0.3 is 0 Å². The van der Waals surface area contributed by atoms with Gasteiger partial charge in [0.15, 0.2) is 5.65 Å². The Kier molecular flexibility index (Phi) is 6.32. The molecule has 0 saturated carbocycles. The Bertz CT molecular complexity index is 2830. The van der Waals surface area contributed by atoms with E-state index < -0.39 is 0 Å². The Morgan fingerprint density at radius 3 is 2.08 bits per heavy atom. The number of pyridine rings is 2. The lowest BCUT2D eigenvalue weighted by Gasteiger charge is -2.26. The van der Waals surface area contributed by atoms with Crippen molar-refractivity contribution in [1.29, 1.82) is 0 Å². The molecule has 4 aromatic heterocycles. The van der Waals surface area contributed by atoms with Crippen LogP contribution in [0.2, 0.25) is 0 Å². The maximum Gasteiger partial charge on any atom is 0.161 e. The molecule has 0 fully saturated rings. The highest BCUT2D eigenvalue weighted by Crippen LogP contribution is 2.41. The zero-order valence-corrected chi connectivity index (χ0v) is 27.2. The summed E-state index contributed by atoms with van der Waals surface area (Å²) in [5, 5.41) is 6.02. The van der Waals surface area contributed by atoms with Crippen LogP contribution in [0.25, 0.3) is 70.0 Å². The molecule has 0 spiro atoms. The molecule has 4 nitrogen and oxygen atoms in total. The van der Waals surface area contributed by atoms with E-state index in [1.165, 1.54) is 42.1 Å². The van der Waals surface area contributed by atoms with E-state index in [2.05, 4.69) is 166 Å². The molecule has 0 bridgehead atoms. The molecule has 0 unspecified atom stereocenters. The summed E-state index contributed by atoms with van der Waals surface area (Å²) in [4.78, 5) is 11.8. The summed E-state index contributed by atoms with van der Waals surface area (Å²) in [5.74, 6) is 0.865. The lowest BCUT2D eigenvalue weighted by atomic mass is 10.0. The predicted molar refractivity (Wildman–Crippen MR) is 207 cm³/mol. The number of aromatic nitrogens is 3. The fraction of sp³-hybridized carbons (Fsp3) is 0. The second-order valence-corrected chi connectivity index (χ2v) is 13.4. The number of rotatable bonds is 5. The molecule has 10 rings (SSSR count). The summed E-state index contributed by atoms with van der Waals surface area (Å²) < 4.78 is 4.87. The van der Waals surface area contributed by atoms with E-state index in [1.807, 2.05) is 23.5 Å². The van der Waals surface area contributed by atoms with Crippen molar-refractivity contribution in [1.82, 2.24) is 14.5 Å². The third-order valence-electron chi connectivity index (χ3n) is 9.44. The Balaban J connectivity index is 1.07. The molecule has 0 N–H and O–H groups in total. The molecule has 0 amide bonds. The molecule has 0 aliphatic carbocycles. The molecule has 6 aromatic carbocycles. The van der Waals surface area contributed by atoms with Gasteiger partial charge in [-0.1, -0.05) is 72.8 Å². The number of fused-ring (bicyclic) bond motifs is 7. The second-order valence-electron chi connectivity index (χ2n) is 12.3. The summed E-state index contributed by atoms with van der Waals surface area (Å²) in [5.41, 5.74) is 8.72. The Hall–Kier alpha value is -6.30. The number of nitrogens with zero attached hydrogens (tertiary/aromatic N) is 4. The van der Waals surface area contributed by atoms with Crippen molar-refractivity contribution in [2.75, 3.05) is 4.90 Å². The molecule has 4 heterocycles. The second kappa shape index (κ2) is 11.2. The van der Waals surface area contributed by atoms with Crippen molar-refractivity contribution in [2.45, 2.75) is 0 Å². The van der Waals surface area contributed by atoms with Crippen LogP contribution in [0.4, 0.5) is 17.1 Å². The molecule has 0 radical (unpaired) electrons. The summed E-state index contributed by atoms with van der Waals surface area (Å²) in [7, 11) is 0. The van der Waals surface area contributed by atoms with Gasteiger partial charge in [0.2, 0.25) is 0 Å². The van der Waals surface area contributed by atoms with E-state index >= 15 is 0 Å². The van der Waals surface area contributed by atoms with Gasteiger partial charge in [-0.05, 0) is 102 Å². The first-order chi connectivity index (χ1) is 24.3. The fourth-order valence-electron chi connectivity index (χ4n) is 7.15. The summed E-state index contributed by atoms with van der Waals surface area (Å²) in [6, 6.07) is 58.6. The summed E-state index contributed by atoms with van der Waals surface area (Å²) in [6.45, 7) is 0. The van der Waals surface area contributed by atoms with Crippen LogP contribution in [0, 0.1) is 0 Å². The van der Waals surface area contributed by atoms with E-state index in [1.54, 1.807) is 6.20 Å². The van der Waals surface area contributed by atoms with Crippen LogP contribution in [0.15, 0.2) is 170 Å². The van der Waals surface area contributed by atoms with E-state index in [0.29, 0.717) is 0 Å². The Morgan fingerprint density at radius 2 is 1.18 bits per heavy atom. The lowest BCUT2D eigenvalue weighted by Crippen LogP contribution is -2.09. The van der Waals surface area contributed by atoms with Crippen molar-refractivity contribution in [3.05, 3.63) is 170 Å². The minimum atomic E-state index is 0.746. The van der Waals surface area contributed by atoms with Crippen LogP contribution in [0.1, 0.15) is 0 Å². The van der Waals surface area contributed by atoms with Crippen LogP contribution in [0.3, 0.4) is 0 Å². The van der Waals surface area contributed by atoms with Crippen molar-refractivity contribution in [3.63, 3.8) is 0 Å². The molecule has 10 aromatic rings. The van der Waals surface area contributed by atoms with E-state index in [0.717, 1.165) is 44.9 Å². The first-order valence-corrected chi connectivity index (χ1v) is 17.2. The number of anilines is 3. The minimum Gasteiger partial charge on any atom is -0.310 e. The van der Waals surface area contributed by atoms with Gasteiger partial charge < -0.3 is 4.90 Å². The Morgan fingerprint density at radius 1 is 0.469 bits per heavy atom. The molecule has 5 heteroatoms. The largest absolute Gasteiger partial charge is 0.310 e. The van der Waals surface area contributed by atoms with Crippen LogP contribution < -0.4 is 4.90 Å². The first kappa shape index (κ1) is 27.8. The molecular weight excluding hydrogens is 617 g/mol. The van der Waals surface area contributed by atoms with Gasteiger partial charge in [0.1, 0.15) is 5.82 Å². The average molecular weight is 645 g/mol. The third kappa shape index (κ3) is 4.59. The molecule has 0 saturated heterocycles. The van der Waals surface area contributed by atoms with Gasteiger partial charge in [0.25, 0.3) is 0 Å². The molecule has 0 aliphatic rings. The fourth-order valence-corrected chi connectivity index (χ4v) is 8.23. The topological polar surface area (TPSA) is 34.0 Å². The van der Waals surface area contributed by atoms with Crippen LogP contribution in [-0.4, -0.2) is 14.5 Å². The SMILES string of the molecule is c1ccc(N(c2ccc(-c3ccc4c(c3)c3ccccc3n4-c3ccc4cccnc4n3)cc2)c2ccc3sc4ccccc4c3c2)cc1. The molecular formula is C44H28N4S. The maximum atomic E-state index is 4.95. The predicted octanol–water partition coefficient (Wildman–Crippen LogP) is 12.2. The van der Waals surface area contributed by atoms with Gasteiger partial charge in [-0.25, -0.2) is 9.97 Å². The highest BCUT2D eigenvalue weighted by atomic mass is 32.1. The van der Waals surface area contributed by atoms with Crippen molar-refractivity contribution in [2.24, 2.45) is 0 Å². The van der Waals surface area contributed by atoms with E-state index in [9.17, 15) is 0 Å². The maximum absolute atomic E-state index is 4.95. The lowest BCUT2D eigenvalue weighted by molar-refractivity contribution is 1.09. The normalized spacial score (nSPS) is 11.7. The van der Waals surface area contributed by atoms with Gasteiger partial charge in [-0.3, -0.25) is 4.57 Å². The number of hydrogen-bond donors (Lipinski definition) is 0. The smallest absolute Gasteiger partial charge is 0.161 e. The van der Waals surface area contributed by atoms with Crippen LogP contribution >= 0.6 is 11.3 Å². The van der Waals surface area contributed by atoms with Crippen molar-refractivity contribution >= 4 is 81.4 Å². The number of benzene rings is 6. The van der Waals surface area contributed by atoms with Crippen molar-refractivity contribution in [3.8, 4) is 16.9 Å². The molecule has 0 atom stereocenters. The number of thiophene rings is 1. The summed E-state index contributed by atoms with van der Waals surface area (Å²) in [6.07, 6.45) is 1.80. The third-order valence-corrected chi connectivity index (χ3v) is 10.6. The Labute approximate surface area is 286 Å². The quantitative estimate of drug-likeness (QED) is 0.187. The standard InChI is InChI=1S/C44H28N4S/c1-2-10-32(11-3-1)47(34-22-24-42-38(28-34)36-13-5-7-15-41(36)49-42)33-20-16-29(17-21-33)31-18-23-40-37(27-31)35-12-4-6-14-39(35)48(40)43-25-19-30-9-8-26-45-44(30)46-43/h1-28H. The highest BCUT2D eigenvalue weighted by molar-refractivity contribution is 7.25.